The summed E-state index contributed by atoms with van der Waals surface area (Å²) in [6.07, 6.45) is 0. The molecule has 0 saturated carbocycles. The summed E-state index contributed by atoms with van der Waals surface area (Å²) in [7, 11) is 3.05. The Hall–Kier alpha value is -2.20. The Labute approximate surface area is 141 Å². The number of benzene rings is 2. The Bertz CT molecular complexity index is 696. The van der Waals surface area contributed by atoms with Crippen molar-refractivity contribution in [3.63, 3.8) is 0 Å². The number of anilines is 1. The second-order valence-electron chi connectivity index (χ2n) is 5.42. The van der Waals surface area contributed by atoms with Crippen molar-refractivity contribution in [3.8, 4) is 11.5 Å². The van der Waals surface area contributed by atoms with E-state index in [2.05, 4.69) is 19.2 Å². The molecule has 0 unspecified atom stereocenters. The van der Waals surface area contributed by atoms with Gasteiger partial charge in [0.05, 0.1) is 24.9 Å². The molecule has 0 spiro atoms. The predicted molar refractivity (Wildman–Crippen MR) is 93.0 cm³/mol. The third kappa shape index (κ3) is 3.96. The molecule has 0 atom stereocenters. The van der Waals surface area contributed by atoms with E-state index in [1.54, 1.807) is 12.1 Å². The second kappa shape index (κ2) is 7.38. The van der Waals surface area contributed by atoms with Gasteiger partial charge in [-0.05, 0) is 29.7 Å². The van der Waals surface area contributed by atoms with Crippen LogP contribution in [0.1, 0.15) is 35.7 Å². The van der Waals surface area contributed by atoms with E-state index in [-0.39, 0.29) is 5.91 Å². The highest BCUT2D eigenvalue weighted by atomic mass is 35.5. The number of carbonyl (C=O) groups is 1. The fourth-order valence-electron chi connectivity index (χ4n) is 2.17. The summed E-state index contributed by atoms with van der Waals surface area (Å²) in [6.45, 7) is 4.22. The molecule has 0 bridgehead atoms. The van der Waals surface area contributed by atoms with Gasteiger partial charge < -0.3 is 14.8 Å². The molecule has 0 heterocycles. The van der Waals surface area contributed by atoms with E-state index in [0.717, 1.165) is 0 Å². The average Bonchev–Trinajstić information content (AvgIpc) is 2.55. The lowest BCUT2D eigenvalue weighted by atomic mass is 10.0. The zero-order chi connectivity index (χ0) is 17.0. The average molecular weight is 334 g/mol. The number of methoxy groups -OCH3 is 2. The monoisotopic (exact) mass is 333 g/mol. The highest BCUT2D eigenvalue weighted by Gasteiger charge is 2.14. The van der Waals surface area contributed by atoms with Gasteiger partial charge in [0.25, 0.3) is 5.91 Å². The van der Waals surface area contributed by atoms with Crippen molar-refractivity contribution >= 4 is 23.2 Å². The van der Waals surface area contributed by atoms with Crippen LogP contribution in [-0.4, -0.2) is 20.1 Å². The van der Waals surface area contributed by atoms with Gasteiger partial charge in [-0.25, -0.2) is 0 Å². The standard InChI is InChI=1S/C18H20ClNO3/c1-11(2)12-5-7-13(8-6-12)18(21)20-15-9-14(19)16(22-3)10-17(15)23-4/h5-11H,1-4H3,(H,20,21). The third-order valence-electron chi connectivity index (χ3n) is 3.56. The van der Waals surface area contributed by atoms with E-state index < -0.39 is 0 Å². The Kier molecular flexibility index (Phi) is 5.50. The SMILES string of the molecule is COc1cc(OC)c(NC(=O)c2ccc(C(C)C)cc2)cc1Cl. The molecule has 1 amide bonds. The summed E-state index contributed by atoms with van der Waals surface area (Å²) < 4.78 is 10.4. The molecule has 23 heavy (non-hydrogen) atoms. The van der Waals surface area contributed by atoms with Gasteiger partial charge >= 0.3 is 0 Å². The molecule has 4 nitrogen and oxygen atoms in total. The molecular weight excluding hydrogens is 314 g/mol. The second-order valence-corrected chi connectivity index (χ2v) is 5.83. The molecule has 0 aliphatic heterocycles. The van der Waals surface area contributed by atoms with Crippen molar-refractivity contribution in [3.05, 3.63) is 52.5 Å². The molecule has 2 aromatic carbocycles. The fraction of sp³-hybridized carbons (Fsp3) is 0.278. The molecule has 0 aliphatic carbocycles. The van der Waals surface area contributed by atoms with E-state index in [1.807, 2.05) is 24.3 Å². The molecule has 0 aromatic heterocycles. The summed E-state index contributed by atoms with van der Waals surface area (Å²) in [4.78, 5) is 12.4. The van der Waals surface area contributed by atoms with Crippen molar-refractivity contribution in [2.45, 2.75) is 19.8 Å². The third-order valence-corrected chi connectivity index (χ3v) is 3.86. The minimum Gasteiger partial charge on any atom is -0.495 e. The number of halogens is 1. The Morgan fingerprint density at radius 1 is 1.04 bits per heavy atom. The molecule has 1 N–H and O–H groups in total. The van der Waals surface area contributed by atoms with E-state index in [0.29, 0.717) is 33.7 Å². The van der Waals surface area contributed by atoms with Crippen LogP contribution in [0.15, 0.2) is 36.4 Å². The van der Waals surface area contributed by atoms with Gasteiger partial charge in [0, 0.05) is 11.6 Å². The highest BCUT2D eigenvalue weighted by Crippen LogP contribution is 2.36. The topological polar surface area (TPSA) is 47.6 Å². The first-order chi connectivity index (χ1) is 11.0. The molecular formula is C18H20ClNO3. The van der Waals surface area contributed by atoms with Crippen molar-refractivity contribution in [1.82, 2.24) is 0 Å². The van der Waals surface area contributed by atoms with Crippen LogP contribution in [0.4, 0.5) is 5.69 Å². The molecule has 0 fully saturated rings. The lowest BCUT2D eigenvalue weighted by molar-refractivity contribution is 0.102. The molecule has 122 valence electrons. The van der Waals surface area contributed by atoms with Gasteiger partial charge in [-0.15, -0.1) is 0 Å². The van der Waals surface area contributed by atoms with Crippen LogP contribution in [0.2, 0.25) is 5.02 Å². The number of amides is 1. The van der Waals surface area contributed by atoms with Crippen LogP contribution in [-0.2, 0) is 0 Å². The highest BCUT2D eigenvalue weighted by molar-refractivity contribution is 6.32. The minimum absolute atomic E-state index is 0.222. The summed E-state index contributed by atoms with van der Waals surface area (Å²) in [5.41, 5.74) is 2.26. The number of carbonyl (C=O) groups excluding carboxylic acids is 1. The fourth-order valence-corrected chi connectivity index (χ4v) is 2.41. The number of hydrogen-bond acceptors (Lipinski definition) is 3. The minimum atomic E-state index is -0.222. The van der Waals surface area contributed by atoms with Crippen LogP contribution in [0.3, 0.4) is 0 Å². The maximum Gasteiger partial charge on any atom is 0.255 e. The summed E-state index contributed by atoms with van der Waals surface area (Å²) in [5.74, 6) is 1.17. The smallest absolute Gasteiger partial charge is 0.255 e. The number of rotatable bonds is 5. The van der Waals surface area contributed by atoms with Crippen LogP contribution in [0.5, 0.6) is 11.5 Å². The van der Waals surface area contributed by atoms with Crippen molar-refractivity contribution in [2.24, 2.45) is 0 Å². The van der Waals surface area contributed by atoms with Crippen LogP contribution in [0, 0.1) is 0 Å². The predicted octanol–water partition coefficient (Wildman–Crippen LogP) is 4.73. The Morgan fingerprint density at radius 3 is 2.17 bits per heavy atom. The Morgan fingerprint density at radius 2 is 1.65 bits per heavy atom. The maximum absolute atomic E-state index is 12.4. The zero-order valence-corrected chi connectivity index (χ0v) is 14.4. The van der Waals surface area contributed by atoms with Gasteiger partial charge in [0.15, 0.2) is 0 Å². The zero-order valence-electron chi connectivity index (χ0n) is 13.6. The number of nitrogens with one attached hydrogen (secondary N) is 1. The van der Waals surface area contributed by atoms with Gasteiger partial charge in [0.2, 0.25) is 0 Å². The van der Waals surface area contributed by atoms with Crippen LogP contribution < -0.4 is 14.8 Å². The molecule has 0 aliphatic rings. The van der Waals surface area contributed by atoms with Crippen LogP contribution >= 0.6 is 11.6 Å². The lowest BCUT2D eigenvalue weighted by Gasteiger charge is -2.13. The molecule has 2 aromatic rings. The first-order valence-electron chi connectivity index (χ1n) is 7.29. The van der Waals surface area contributed by atoms with Gasteiger partial charge in [-0.1, -0.05) is 37.6 Å². The summed E-state index contributed by atoms with van der Waals surface area (Å²) >= 11 is 6.11. The number of hydrogen-bond donors (Lipinski definition) is 1. The quantitative estimate of drug-likeness (QED) is 0.860. The van der Waals surface area contributed by atoms with Crippen molar-refractivity contribution < 1.29 is 14.3 Å². The lowest BCUT2D eigenvalue weighted by Crippen LogP contribution is -2.13. The Balaban J connectivity index is 2.24. The van der Waals surface area contributed by atoms with E-state index in [9.17, 15) is 4.79 Å². The molecule has 0 radical (unpaired) electrons. The van der Waals surface area contributed by atoms with Crippen molar-refractivity contribution in [1.29, 1.82) is 0 Å². The van der Waals surface area contributed by atoms with Gasteiger partial charge in [-0.2, -0.15) is 0 Å². The van der Waals surface area contributed by atoms with E-state index >= 15 is 0 Å². The van der Waals surface area contributed by atoms with Gasteiger partial charge in [-0.3, -0.25) is 4.79 Å². The number of ether oxygens (including phenoxy) is 2. The normalized spacial score (nSPS) is 10.5. The largest absolute Gasteiger partial charge is 0.495 e. The van der Waals surface area contributed by atoms with Crippen LogP contribution in [0.25, 0.3) is 0 Å². The molecule has 0 saturated heterocycles. The van der Waals surface area contributed by atoms with E-state index in [4.69, 9.17) is 21.1 Å². The summed E-state index contributed by atoms with van der Waals surface area (Å²) in [5, 5.41) is 3.22. The first kappa shape index (κ1) is 17.2. The first-order valence-corrected chi connectivity index (χ1v) is 7.67. The van der Waals surface area contributed by atoms with E-state index in [1.165, 1.54) is 19.8 Å². The van der Waals surface area contributed by atoms with Gasteiger partial charge in [0.1, 0.15) is 11.5 Å². The maximum atomic E-state index is 12.4. The summed E-state index contributed by atoms with van der Waals surface area (Å²) in [6, 6.07) is 10.8. The van der Waals surface area contributed by atoms with Crippen molar-refractivity contribution in [2.75, 3.05) is 19.5 Å². The molecule has 5 heteroatoms. The molecule has 2 rings (SSSR count).